The molecule has 4 rings (SSSR count). The fourth-order valence-electron chi connectivity index (χ4n) is 3.80. The number of benzene rings is 2. The number of pyridine rings is 1. The van der Waals surface area contributed by atoms with E-state index >= 15 is 0 Å². The summed E-state index contributed by atoms with van der Waals surface area (Å²) in [5.41, 5.74) is 2.43. The molecule has 0 unspecified atom stereocenters. The third-order valence-corrected chi connectivity index (χ3v) is 5.58. The number of hydrogen-bond donors (Lipinski definition) is 0. The molecule has 2 aromatic carbocycles. The summed E-state index contributed by atoms with van der Waals surface area (Å²) in [7, 11) is 0. The van der Waals surface area contributed by atoms with Crippen molar-refractivity contribution in [2.75, 3.05) is 19.7 Å². The molecule has 0 radical (unpaired) electrons. The fraction of sp³-hybridized carbons (Fsp3) is 0.320. The lowest BCUT2D eigenvalue weighted by Crippen LogP contribution is -2.35. The molecule has 2 atom stereocenters. The second-order valence-electron chi connectivity index (χ2n) is 7.73. The third kappa shape index (κ3) is 4.67. The SMILES string of the molecule is CCOC(=O)[C@@H]1C[C@@H]1CN(CCc1ccccc1)C(=O)c1ccc2ccccc2n1. The van der Waals surface area contributed by atoms with Crippen LogP contribution in [-0.2, 0) is 16.0 Å². The Morgan fingerprint density at radius 3 is 2.60 bits per heavy atom. The summed E-state index contributed by atoms with van der Waals surface area (Å²) < 4.78 is 5.15. The summed E-state index contributed by atoms with van der Waals surface area (Å²) in [6.45, 7) is 3.34. The molecule has 1 aliphatic carbocycles. The van der Waals surface area contributed by atoms with Crippen molar-refractivity contribution in [1.82, 2.24) is 9.88 Å². The van der Waals surface area contributed by atoms with Crippen LogP contribution in [0.5, 0.6) is 0 Å². The van der Waals surface area contributed by atoms with E-state index in [1.54, 1.807) is 6.07 Å². The molecule has 5 heteroatoms. The van der Waals surface area contributed by atoms with Gasteiger partial charge in [-0.25, -0.2) is 4.98 Å². The fourth-order valence-corrected chi connectivity index (χ4v) is 3.80. The van der Waals surface area contributed by atoms with Crippen molar-refractivity contribution in [2.45, 2.75) is 19.8 Å². The number of carbonyl (C=O) groups is 2. The van der Waals surface area contributed by atoms with Crippen molar-refractivity contribution < 1.29 is 14.3 Å². The third-order valence-electron chi connectivity index (χ3n) is 5.58. The molecular weight excluding hydrogens is 376 g/mol. The smallest absolute Gasteiger partial charge is 0.309 e. The van der Waals surface area contributed by atoms with Crippen LogP contribution in [0.25, 0.3) is 10.9 Å². The van der Waals surface area contributed by atoms with E-state index in [2.05, 4.69) is 17.1 Å². The monoisotopic (exact) mass is 402 g/mol. The Balaban J connectivity index is 1.50. The highest BCUT2D eigenvalue weighted by Crippen LogP contribution is 2.40. The van der Waals surface area contributed by atoms with Gasteiger partial charge in [-0.3, -0.25) is 9.59 Å². The second-order valence-corrected chi connectivity index (χ2v) is 7.73. The van der Waals surface area contributed by atoms with Crippen LogP contribution in [-0.4, -0.2) is 41.5 Å². The van der Waals surface area contributed by atoms with Crippen LogP contribution in [0.4, 0.5) is 0 Å². The minimum absolute atomic E-state index is 0.0915. The van der Waals surface area contributed by atoms with E-state index in [1.165, 1.54) is 5.56 Å². The molecule has 0 bridgehead atoms. The van der Waals surface area contributed by atoms with Crippen LogP contribution in [0.1, 0.15) is 29.4 Å². The maximum Gasteiger partial charge on any atom is 0.309 e. The normalized spacial score (nSPS) is 17.5. The van der Waals surface area contributed by atoms with Crippen LogP contribution >= 0.6 is 0 Å². The molecule has 0 saturated heterocycles. The zero-order valence-corrected chi connectivity index (χ0v) is 17.2. The lowest BCUT2D eigenvalue weighted by atomic mass is 10.1. The van der Waals surface area contributed by atoms with Gasteiger partial charge in [0.15, 0.2) is 0 Å². The van der Waals surface area contributed by atoms with Crippen molar-refractivity contribution in [3.05, 3.63) is 78.0 Å². The Kier molecular flexibility index (Phi) is 6.07. The van der Waals surface area contributed by atoms with Gasteiger partial charge in [-0.1, -0.05) is 54.6 Å². The molecule has 1 heterocycles. The highest BCUT2D eigenvalue weighted by atomic mass is 16.5. The lowest BCUT2D eigenvalue weighted by molar-refractivity contribution is -0.145. The first kappa shape index (κ1) is 20.1. The summed E-state index contributed by atoms with van der Waals surface area (Å²) in [6, 6.07) is 21.6. The van der Waals surface area contributed by atoms with Crippen LogP contribution in [0.2, 0.25) is 0 Å². The zero-order chi connectivity index (χ0) is 20.9. The zero-order valence-electron chi connectivity index (χ0n) is 17.2. The summed E-state index contributed by atoms with van der Waals surface area (Å²) in [6.07, 6.45) is 1.54. The minimum Gasteiger partial charge on any atom is -0.466 e. The van der Waals surface area contributed by atoms with Crippen molar-refractivity contribution in [3.8, 4) is 0 Å². The van der Waals surface area contributed by atoms with E-state index in [1.807, 2.05) is 60.4 Å². The van der Waals surface area contributed by atoms with Gasteiger partial charge >= 0.3 is 5.97 Å². The first-order valence-electron chi connectivity index (χ1n) is 10.5. The molecule has 1 aliphatic rings. The second kappa shape index (κ2) is 9.08. The summed E-state index contributed by atoms with van der Waals surface area (Å²) in [4.78, 5) is 31.8. The molecule has 0 aliphatic heterocycles. The van der Waals surface area contributed by atoms with Gasteiger partial charge < -0.3 is 9.64 Å². The Bertz CT molecular complexity index is 1030. The summed E-state index contributed by atoms with van der Waals surface area (Å²) >= 11 is 0. The van der Waals surface area contributed by atoms with Gasteiger partial charge in [-0.05, 0) is 43.4 Å². The van der Waals surface area contributed by atoms with Gasteiger partial charge in [0.05, 0.1) is 18.0 Å². The van der Waals surface area contributed by atoms with E-state index < -0.39 is 0 Å². The quantitative estimate of drug-likeness (QED) is 0.532. The molecule has 0 N–H and O–H groups in total. The Hall–Kier alpha value is -3.21. The van der Waals surface area contributed by atoms with Crippen LogP contribution < -0.4 is 0 Å². The molecule has 30 heavy (non-hydrogen) atoms. The number of fused-ring (bicyclic) bond motifs is 1. The number of ether oxygens (including phenoxy) is 1. The standard InChI is InChI=1S/C25H26N2O3/c1-2-30-25(29)21-16-20(21)17-27(15-14-18-8-4-3-5-9-18)24(28)23-13-12-19-10-6-7-11-22(19)26-23/h3-13,20-21H,2,14-17H2,1H3/t20-,21-/m1/s1. The Morgan fingerprint density at radius 2 is 1.80 bits per heavy atom. The van der Waals surface area contributed by atoms with E-state index in [-0.39, 0.29) is 23.7 Å². The van der Waals surface area contributed by atoms with Crippen LogP contribution in [0.3, 0.4) is 0 Å². The number of rotatable bonds is 8. The summed E-state index contributed by atoms with van der Waals surface area (Å²) in [5, 5.41) is 1.01. The van der Waals surface area contributed by atoms with Crippen LogP contribution in [0, 0.1) is 11.8 Å². The predicted octanol–water partition coefficient (Wildman–Crippen LogP) is 4.12. The van der Waals surface area contributed by atoms with Crippen molar-refractivity contribution >= 4 is 22.8 Å². The highest BCUT2D eigenvalue weighted by Gasteiger charge is 2.45. The number of para-hydroxylation sites is 1. The molecule has 1 amide bonds. The van der Waals surface area contributed by atoms with Gasteiger partial charge in [0.2, 0.25) is 0 Å². The first-order valence-corrected chi connectivity index (χ1v) is 10.5. The van der Waals surface area contributed by atoms with Crippen molar-refractivity contribution in [1.29, 1.82) is 0 Å². The molecular formula is C25H26N2O3. The van der Waals surface area contributed by atoms with E-state index in [0.717, 1.165) is 23.7 Å². The first-order chi connectivity index (χ1) is 14.7. The topological polar surface area (TPSA) is 59.5 Å². The average Bonchev–Trinajstić information content (AvgIpc) is 3.56. The maximum absolute atomic E-state index is 13.3. The largest absolute Gasteiger partial charge is 0.466 e. The van der Waals surface area contributed by atoms with Crippen molar-refractivity contribution in [3.63, 3.8) is 0 Å². The minimum atomic E-state index is -0.151. The Morgan fingerprint density at radius 1 is 1.03 bits per heavy atom. The molecule has 1 fully saturated rings. The number of hydrogen-bond acceptors (Lipinski definition) is 4. The van der Waals surface area contributed by atoms with E-state index in [0.29, 0.717) is 25.4 Å². The van der Waals surface area contributed by atoms with Crippen molar-refractivity contribution in [2.24, 2.45) is 11.8 Å². The number of nitrogens with zero attached hydrogens (tertiary/aromatic N) is 2. The maximum atomic E-state index is 13.3. The predicted molar refractivity (Wildman–Crippen MR) is 116 cm³/mol. The van der Waals surface area contributed by atoms with E-state index in [4.69, 9.17) is 4.74 Å². The summed E-state index contributed by atoms with van der Waals surface area (Å²) in [5.74, 6) is -0.182. The molecule has 1 aromatic heterocycles. The molecule has 154 valence electrons. The molecule has 3 aromatic rings. The van der Waals surface area contributed by atoms with Crippen LogP contribution in [0.15, 0.2) is 66.7 Å². The van der Waals surface area contributed by atoms with E-state index in [9.17, 15) is 9.59 Å². The van der Waals surface area contributed by atoms with Gasteiger partial charge in [0.1, 0.15) is 5.69 Å². The Labute approximate surface area is 176 Å². The average molecular weight is 402 g/mol. The molecule has 0 spiro atoms. The van der Waals surface area contributed by atoms with Gasteiger partial charge in [-0.2, -0.15) is 0 Å². The number of aromatic nitrogens is 1. The molecule has 1 saturated carbocycles. The molecule has 5 nitrogen and oxygen atoms in total. The van der Waals surface area contributed by atoms with Gasteiger partial charge in [-0.15, -0.1) is 0 Å². The highest BCUT2D eigenvalue weighted by molar-refractivity contribution is 5.95. The lowest BCUT2D eigenvalue weighted by Gasteiger charge is -2.23. The van der Waals surface area contributed by atoms with Gasteiger partial charge in [0, 0.05) is 18.5 Å². The number of amides is 1. The number of esters is 1. The van der Waals surface area contributed by atoms with Gasteiger partial charge in [0.25, 0.3) is 5.91 Å². The number of carbonyl (C=O) groups excluding carboxylic acids is 2.